The number of hydrogen-bond donors (Lipinski definition) is 2. The van der Waals surface area contributed by atoms with Crippen LogP contribution in [0.15, 0.2) is 229 Å². The molecule has 0 amide bonds. The van der Waals surface area contributed by atoms with Gasteiger partial charge in [0.05, 0.1) is 33.1 Å². The van der Waals surface area contributed by atoms with Gasteiger partial charge < -0.3 is 14.9 Å². The van der Waals surface area contributed by atoms with Gasteiger partial charge in [0.1, 0.15) is 0 Å². The first kappa shape index (κ1) is 38.8. The van der Waals surface area contributed by atoms with Crippen molar-refractivity contribution in [1.29, 1.82) is 0 Å². The Kier molecular flexibility index (Phi) is 8.89. The standard InChI is InChI=1S/C60H47N5/c1-58(61,42-21-5-3-6-22-42)63-59(2,62-40-41-20-19-25-45(38-41)64-54-33-16-11-28-48(54)49-29-12-17-34-55(49)64)65-56-35-18-13-30-50(56)51-37-36-44(39-57(51)65)60(43-23-7-4-8-24-43)52-31-14-9-26-46(52)47-27-10-15-32-53(47)60/h3-40,63H,61H2,1-2H3. The Hall–Kier alpha value is -7.83. The Morgan fingerprint density at radius 2 is 1.00 bits per heavy atom. The summed E-state index contributed by atoms with van der Waals surface area (Å²) in [5.74, 6) is -1.10. The van der Waals surface area contributed by atoms with Gasteiger partial charge in [0.25, 0.3) is 0 Å². The summed E-state index contributed by atoms with van der Waals surface area (Å²) < 4.78 is 4.72. The topological polar surface area (TPSA) is 60.3 Å². The van der Waals surface area contributed by atoms with Gasteiger partial charge in [-0.3, -0.25) is 5.32 Å². The average Bonchev–Trinajstić information content (AvgIpc) is 3.98. The first-order valence-corrected chi connectivity index (χ1v) is 22.4. The molecule has 2 unspecified atom stereocenters. The van der Waals surface area contributed by atoms with Crippen molar-refractivity contribution in [3.63, 3.8) is 0 Å². The average molecular weight is 838 g/mol. The number of aliphatic imine (C=N–C) groups is 1. The van der Waals surface area contributed by atoms with E-state index in [-0.39, 0.29) is 0 Å². The summed E-state index contributed by atoms with van der Waals surface area (Å²) in [5, 5.41) is 8.67. The van der Waals surface area contributed by atoms with E-state index in [1.165, 1.54) is 44.2 Å². The highest BCUT2D eigenvalue weighted by molar-refractivity contribution is 6.10. The molecule has 2 atom stereocenters. The van der Waals surface area contributed by atoms with Crippen molar-refractivity contribution >= 4 is 49.8 Å². The molecule has 9 aromatic carbocycles. The molecule has 5 nitrogen and oxygen atoms in total. The Balaban J connectivity index is 1.09. The number of nitrogens with zero attached hydrogens (tertiary/aromatic N) is 3. The summed E-state index contributed by atoms with van der Waals surface area (Å²) in [6.07, 6.45) is 2.00. The molecule has 2 aromatic heterocycles. The summed E-state index contributed by atoms with van der Waals surface area (Å²) in [6, 6.07) is 80.7. The molecule has 0 fully saturated rings. The van der Waals surface area contributed by atoms with Crippen molar-refractivity contribution in [2.45, 2.75) is 30.7 Å². The van der Waals surface area contributed by atoms with Gasteiger partial charge in [-0.05, 0) is 94.8 Å². The minimum absolute atomic E-state index is 0.573. The molecule has 0 bridgehead atoms. The third kappa shape index (κ3) is 5.97. The third-order valence-electron chi connectivity index (χ3n) is 13.7. The van der Waals surface area contributed by atoms with E-state index in [2.05, 4.69) is 228 Å². The second-order valence-corrected chi connectivity index (χ2v) is 17.7. The van der Waals surface area contributed by atoms with Crippen molar-refractivity contribution in [3.05, 3.63) is 258 Å². The Morgan fingerprint density at radius 3 is 1.65 bits per heavy atom. The summed E-state index contributed by atoms with van der Waals surface area (Å²) in [4.78, 5) is 5.64. The van der Waals surface area contributed by atoms with Gasteiger partial charge >= 0.3 is 0 Å². The van der Waals surface area contributed by atoms with Gasteiger partial charge in [-0.2, -0.15) is 0 Å². The summed E-state index contributed by atoms with van der Waals surface area (Å²) in [6.45, 7) is 4.19. The molecule has 65 heavy (non-hydrogen) atoms. The van der Waals surface area contributed by atoms with Crippen LogP contribution in [0.25, 0.3) is 60.4 Å². The van der Waals surface area contributed by atoms with Crippen LogP contribution < -0.4 is 11.1 Å². The first-order valence-electron chi connectivity index (χ1n) is 22.4. The van der Waals surface area contributed by atoms with Crippen LogP contribution in [0, 0.1) is 0 Å². The number of para-hydroxylation sites is 3. The third-order valence-corrected chi connectivity index (χ3v) is 13.7. The highest BCUT2D eigenvalue weighted by Gasteiger charge is 2.46. The molecule has 0 spiro atoms. The Labute approximate surface area is 378 Å². The van der Waals surface area contributed by atoms with E-state index in [0.29, 0.717) is 0 Å². The van der Waals surface area contributed by atoms with Gasteiger partial charge in [0, 0.05) is 33.4 Å². The molecule has 0 saturated carbocycles. The summed E-state index contributed by atoms with van der Waals surface area (Å²) >= 11 is 0. The predicted molar refractivity (Wildman–Crippen MR) is 270 cm³/mol. The van der Waals surface area contributed by atoms with Crippen LogP contribution in [0.1, 0.15) is 47.2 Å². The van der Waals surface area contributed by atoms with E-state index < -0.39 is 16.9 Å². The second-order valence-electron chi connectivity index (χ2n) is 17.7. The maximum Gasteiger partial charge on any atom is 0.190 e. The molecule has 12 rings (SSSR count). The Bertz CT molecular complexity index is 3530. The molecule has 11 aromatic rings. The maximum absolute atomic E-state index is 7.41. The van der Waals surface area contributed by atoms with Crippen molar-refractivity contribution in [3.8, 4) is 16.8 Å². The van der Waals surface area contributed by atoms with E-state index in [1.807, 2.05) is 31.3 Å². The van der Waals surface area contributed by atoms with Crippen LogP contribution in [0.5, 0.6) is 0 Å². The number of nitrogens with two attached hydrogens (primary N) is 1. The van der Waals surface area contributed by atoms with Crippen LogP contribution in [-0.4, -0.2) is 15.3 Å². The minimum Gasteiger partial charge on any atom is -0.310 e. The SMILES string of the molecule is CC(N)(NC(C)(N=Cc1cccc(-n2c3ccccc3c3ccccc32)c1)n1c2ccccc2c2ccc(C3(c4ccccc4)c4ccccc4-c4ccccc43)cc21)c1ccccc1. The molecule has 5 heteroatoms. The predicted octanol–water partition coefficient (Wildman–Crippen LogP) is 13.4. The van der Waals surface area contributed by atoms with Gasteiger partial charge in [0.2, 0.25) is 0 Å². The molecule has 0 radical (unpaired) electrons. The quantitative estimate of drug-likeness (QED) is 0.112. The summed E-state index contributed by atoms with van der Waals surface area (Å²) in [7, 11) is 0. The highest BCUT2D eigenvalue weighted by Crippen LogP contribution is 2.56. The number of aromatic nitrogens is 2. The van der Waals surface area contributed by atoms with Crippen LogP contribution in [-0.2, 0) is 16.9 Å². The zero-order valence-electron chi connectivity index (χ0n) is 36.4. The van der Waals surface area contributed by atoms with E-state index in [1.54, 1.807) is 0 Å². The molecular formula is C60H47N5. The number of hydrogen-bond acceptors (Lipinski definition) is 3. The van der Waals surface area contributed by atoms with Crippen molar-refractivity contribution in [1.82, 2.24) is 14.5 Å². The monoisotopic (exact) mass is 837 g/mol. The summed E-state index contributed by atoms with van der Waals surface area (Å²) in [5.41, 5.74) is 20.8. The lowest BCUT2D eigenvalue weighted by atomic mass is 9.67. The maximum atomic E-state index is 7.41. The van der Waals surface area contributed by atoms with E-state index in [0.717, 1.165) is 49.7 Å². The molecular weight excluding hydrogens is 791 g/mol. The number of benzene rings is 9. The van der Waals surface area contributed by atoms with Gasteiger partial charge in [-0.15, -0.1) is 0 Å². The lowest BCUT2D eigenvalue weighted by Crippen LogP contribution is -2.58. The fraction of sp³-hybridized carbons (Fsp3) is 0.0833. The zero-order chi connectivity index (χ0) is 43.8. The highest BCUT2D eigenvalue weighted by atomic mass is 15.4. The second kappa shape index (κ2) is 14.9. The van der Waals surface area contributed by atoms with Crippen molar-refractivity contribution in [2.24, 2.45) is 10.7 Å². The molecule has 1 aliphatic rings. The molecule has 0 aliphatic heterocycles. The van der Waals surface area contributed by atoms with Crippen molar-refractivity contribution in [2.75, 3.05) is 0 Å². The van der Waals surface area contributed by atoms with Crippen LogP contribution >= 0.6 is 0 Å². The molecule has 0 saturated heterocycles. The lowest BCUT2D eigenvalue weighted by molar-refractivity contribution is 0.182. The zero-order valence-corrected chi connectivity index (χ0v) is 36.4. The molecule has 312 valence electrons. The number of fused-ring (bicyclic) bond motifs is 9. The first-order chi connectivity index (χ1) is 31.8. The smallest absolute Gasteiger partial charge is 0.190 e. The van der Waals surface area contributed by atoms with Crippen LogP contribution in [0.2, 0.25) is 0 Å². The van der Waals surface area contributed by atoms with Crippen LogP contribution in [0.4, 0.5) is 0 Å². The van der Waals surface area contributed by atoms with E-state index in [9.17, 15) is 0 Å². The fourth-order valence-corrected chi connectivity index (χ4v) is 11.0. The number of nitrogens with one attached hydrogen (secondary N) is 1. The minimum atomic E-state index is -1.10. The Morgan fingerprint density at radius 1 is 0.477 bits per heavy atom. The lowest BCUT2D eigenvalue weighted by Gasteiger charge is -2.39. The van der Waals surface area contributed by atoms with Crippen molar-refractivity contribution < 1.29 is 0 Å². The molecule has 1 aliphatic carbocycles. The normalized spacial score (nSPS) is 15.1. The van der Waals surface area contributed by atoms with E-state index in [4.69, 9.17) is 10.7 Å². The van der Waals surface area contributed by atoms with E-state index >= 15 is 0 Å². The molecule has 3 N–H and O–H groups in total. The largest absolute Gasteiger partial charge is 0.310 e. The van der Waals surface area contributed by atoms with Gasteiger partial charge in [0.15, 0.2) is 5.79 Å². The number of rotatable bonds is 9. The van der Waals surface area contributed by atoms with Gasteiger partial charge in [-0.1, -0.05) is 188 Å². The van der Waals surface area contributed by atoms with Crippen LogP contribution in [0.3, 0.4) is 0 Å². The molecule has 2 heterocycles. The fourth-order valence-electron chi connectivity index (χ4n) is 11.0. The van der Waals surface area contributed by atoms with Gasteiger partial charge in [-0.25, -0.2) is 4.99 Å².